The lowest BCUT2D eigenvalue weighted by Crippen LogP contribution is -2.52. The van der Waals surface area contributed by atoms with E-state index in [9.17, 15) is 28.1 Å². The van der Waals surface area contributed by atoms with Gasteiger partial charge in [-0.05, 0) is 42.9 Å². The van der Waals surface area contributed by atoms with Crippen LogP contribution in [0, 0.1) is 17.0 Å². The second-order valence-corrected chi connectivity index (χ2v) is 7.39. The first-order valence-electron chi connectivity index (χ1n) is 9.34. The Kier molecular flexibility index (Phi) is 6.44. The number of nitro benzene ring substituents is 1. The number of carbonyl (C=O) groups excluding carboxylic acids is 1. The molecule has 0 aromatic heterocycles. The number of carbonyl (C=O) groups is 1. The van der Waals surface area contributed by atoms with Crippen molar-refractivity contribution in [3.8, 4) is 0 Å². The van der Waals surface area contributed by atoms with Gasteiger partial charge in [0.2, 0.25) is 0 Å². The molecule has 1 aliphatic rings. The summed E-state index contributed by atoms with van der Waals surface area (Å²) in [4.78, 5) is 26.3. The fourth-order valence-corrected chi connectivity index (χ4v) is 3.61. The number of hydrogen-bond donors (Lipinski definition) is 1. The number of aryl methyl sites for hydroxylation is 1. The van der Waals surface area contributed by atoms with Crippen LogP contribution < -0.4 is 10.2 Å². The third kappa shape index (κ3) is 5.10. The Morgan fingerprint density at radius 3 is 2.35 bits per heavy atom. The molecule has 3 rings (SSSR count). The molecule has 2 aromatic carbocycles. The monoisotopic (exact) mass is 452 g/mol. The molecule has 1 amide bonds. The van der Waals surface area contributed by atoms with Gasteiger partial charge in [0.05, 0.1) is 10.5 Å². The summed E-state index contributed by atoms with van der Waals surface area (Å²) in [6.45, 7) is 3.11. The summed E-state index contributed by atoms with van der Waals surface area (Å²) in [5.74, 6) is -0.330. The molecule has 7 nitrogen and oxygen atoms in total. The van der Waals surface area contributed by atoms with Gasteiger partial charge in [-0.1, -0.05) is 18.2 Å². The van der Waals surface area contributed by atoms with Crippen molar-refractivity contribution in [2.75, 3.05) is 31.1 Å². The van der Waals surface area contributed by atoms with Crippen molar-refractivity contribution in [3.05, 3.63) is 69.3 Å². The van der Waals surface area contributed by atoms with Gasteiger partial charge in [-0.3, -0.25) is 20.2 Å². The Morgan fingerprint density at radius 1 is 1.13 bits per heavy atom. The Labute approximate surface area is 181 Å². The first-order chi connectivity index (χ1) is 14.6. The fourth-order valence-electron chi connectivity index (χ4n) is 3.34. The third-order valence-electron chi connectivity index (χ3n) is 5.02. The van der Waals surface area contributed by atoms with Gasteiger partial charge in [0.1, 0.15) is 5.69 Å². The molecule has 1 fully saturated rings. The molecule has 0 spiro atoms. The van der Waals surface area contributed by atoms with E-state index in [1.165, 1.54) is 0 Å². The molecule has 0 radical (unpaired) electrons. The second kappa shape index (κ2) is 8.88. The van der Waals surface area contributed by atoms with Crippen molar-refractivity contribution in [3.63, 3.8) is 0 Å². The first-order valence-corrected chi connectivity index (χ1v) is 9.75. The number of halogens is 3. The molecule has 2 aromatic rings. The Bertz CT molecular complexity index is 1020. The van der Waals surface area contributed by atoms with Crippen molar-refractivity contribution >= 4 is 34.6 Å². The normalized spacial score (nSPS) is 14.3. The SMILES string of the molecule is Cc1ccccc1C(=O)NC(=S)N1CCN(c2ccc(C(F)(F)F)cc2[N+](=O)[O-])CC1. The number of thiocarbonyl (C=S) groups is 1. The van der Waals surface area contributed by atoms with Gasteiger partial charge >= 0.3 is 6.18 Å². The lowest BCUT2D eigenvalue weighted by Gasteiger charge is -2.37. The van der Waals surface area contributed by atoms with E-state index < -0.39 is 22.4 Å². The van der Waals surface area contributed by atoms with Crippen LogP contribution in [0.1, 0.15) is 21.5 Å². The summed E-state index contributed by atoms with van der Waals surface area (Å²) in [7, 11) is 0. The molecule has 31 heavy (non-hydrogen) atoms. The highest BCUT2D eigenvalue weighted by molar-refractivity contribution is 7.80. The highest BCUT2D eigenvalue weighted by Gasteiger charge is 2.34. The zero-order valence-corrected chi connectivity index (χ0v) is 17.3. The number of piperazine rings is 1. The second-order valence-electron chi connectivity index (χ2n) is 7.01. The van der Waals surface area contributed by atoms with Gasteiger partial charge in [0.15, 0.2) is 5.11 Å². The molecular formula is C20H19F3N4O3S. The van der Waals surface area contributed by atoms with Crippen LogP contribution >= 0.6 is 12.2 Å². The van der Waals surface area contributed by atoms with E-state index in [2.05, 4.69) is 5.32 Å². The number of nitrogens with zero attached hydrogens (tertiary/aromatic N) is 3. The van der Waals surface area contributed by atoms with Gasteiger partial charge in [-0.25, -0.2) is 0 Å². The Morgan fingerprint density at radius 2 is 1.77 bits per heavy atom. The highest BCUT2D eigenvalue weighted by Crippen LogP contribution is 2.36. The molecule has 0 atom stereocenters. The number of anilines is 1. The Hall–Kier alpha value is -3.21. The van der Waals surface area contributed by atoms with E-state index in [4.69, 9.17) is 12.2 Å². The maximum Gasteiger partial charge on any atom is 0.416 e. The molecule has 164 valence electrons. The molecule has 1 heterocycles. The van der Waals surface area contributed by atoms with Crippen LogP contribution in [0.15, 0.2) is 42.5 Å². The molecule has 1 N–H and O–H groups in total. The van der Waals surface area contributed by atoms with Gasteiger partial charge in [0, 0.05) is 37.8 Å². The molecule has 1 aliphatic heterocycles. The standard InChI is InChI=1S/C20H19F3N4O3S/c1-13-4-2-3-5-15(13)18(28)24-19(31)26-10-8-25(9-11-26)16-7-6-14(20(21,22)23)12-17(16)27(29)30/h2-7,12H,8-11H2,1H3,(H,24,28,31). The topological polar surface area (TPSA) is 78.7 Å². The summed E-state index contributed by atoms with van der Waals surface area (Å²) in [5.41, 5.74) is -0.237. The minimum Gasteiger partial charge on any atom is -0.362 e. The van der Waals surface area contributed by atoms with E-state index in [0.29, 0.717) is 37.8 Å². The first kappa shape index (κ1) is 22.5. The highest BCUT2D eigenvalue weighted by atomic mass is 32.1. The number of nitro groups is 1. The quantitative estimate of drug-likeness (QED) is 0.434. The van der Waals surface area contributed by atoms with Gasteiger partial charge < -0.3 is 9.80 Å². The van der Waals surface area contributed by atoms with Crippen molar-refractivity contribution in [1.82, 2.24) is 10.2 Å². The minimum absolute atomic E-state index is 0.118. The van der Waals surface area contributed by atoms with E-state index in [1.807, 2.05) is 19.1 Å². The average molecular weight is 452 g/mol. The smallest absolute Gasteiger partial charge is 0.362 e. The predicted molar refractivity (Wildman–Crippen MR) is 113 cm³/mol. The molecule has 11 heteroatoms. The number of alkyl halides is 3. The largest absolute Gasteiger partial charge is 0.416 e. The van der Waals surface area contributed by atoms with Crippen molar-refractivity contribution in [2.24, 2.45) is 0 Å². The van der Waals surface area contributed by atoms with Crippen LogP contribution in [0.2, 0.25) is 0 Å². The molecule has 0 unspecified atom stereocenters. The van der Waals surface area contributed by atoms with Crippen LogP contribution in [0.4, 0.5) is 24.5 Å². The fraction of sp³-hybridized carbons (Fsp3) is 0.300. The number of benzene rings is 2. The Balaban J connectivity index is 1.67. The van der Waals surface area contributed by atoms with Crippen molar-refractivity contribution in [2.45, 2.75) is 13.1 Å². The average Bonchev–Trinajstić information content (AvgIpc) is 2.73. The number of rotatable bonds is 3. The van der Waals surface area contributed by atoms with Crippen LogP contribution in [0.3, 0.4) is 0 Å². The summed E-state index contributed by atoms with van der Waals surface area (Å²) < 4.78 is 38.7. The van der Waals surface area contributed by atoms with E-state index in [0.717, 1.165) is 17.7 Å². The summed E-state index contributed by atoms with van der Waals surface area (Å²) in [5, 5.41) is 14.2. The van der Waals surface area contributed by atoms with Gasteiger partial charge in [-0.15, -0.1) is 0 Å². The molecule has 0 aliphatic carbocycles. The van der Waals surface area contributed by atoms with Crippen molar-refractivity contribution in [1.29, 1.82) is 0 Å². The van der Waals surface area contributed by atoms with E-state index in [-0.39, 0.29) is 16.7 Å². The third-order valence-corrected chi connectivity index (χ3v) is 5.38. The molecule has 1 saturated heterocycles. The summed E-state index contributed by atoms with van der Waals surface area (Å²) in [6, 6.07) is 9.58. The molecule has 0 bridgehead atoms. The maximum atomic E-state index is 12.9. The van der Waals surface area contributed by atoms with E-state index in [1.54, 1.807) is 21.9 Å². The minimum atomic E-state index is -4.66. The number of nitrogens with one attached hydrogen (secondary N) is 1. The summed E-state index contributed by atoms with van der Waals surface area (Å²) >= 11 is 5.32. The van der Waals surface area contributed by atoms with Crippen LogP contribution in [-0.2, 0) is 6.18 Å². The van der Waals surface area contributed by atoms with Gasteiger partial charge in [0.25, 0.3) is 11.6 Å². The van der Waals surface area contributed by atoms with Gasteiger partial charge in [-0.2, -0.15) is 13.2 Å². The molecular weight excluding hydrogens is 433 g/mol. The zero-order chi connectivity index (χ0) is 22.8. The van der Waals surface area contributed by atoms with Crippen LogP contribution in [-0.4, -0.2) is 47.0 Å². The number of hydrogen-bond acceptors (Lipinski definition) is 5. The zero-order valence-electron chi connectivity index (χ0n) is 16.5. The van der Waals surface area contributed by atoms with Crippen LogP contribution in [0.25, 0.3) is 0 Å². The van der Waals surface area contributed by atoms with Crippen molar-refractivity contribution < 1.29 is 22.9 Å². The summed E-state index contributed by atoms with van der Waals surface area (Å²) in [6.07, 6.45) is -4.66. The lowest BCUT2D eigenvalue weighted by molar-refractivity contribution is -0.384. The van der Waals surface area contributed by atoms with E-state index >= 15 is 0 Å². The molecule has 0 saturated carbocycles. The number of amides is 1. The van der Waals surface area contributed by atoms with Crippen LogP contribution in [0.5, 0.6) is 0 Å². The maximum absolute atomic E-state index is 12.9. The predicted octanol–water partition coefficient (Wildman–Crippen LogP) is 3.76. The lowest BCUT2D eigenvalue weighted by atomic mass is 10.1.